The maximum atomic E-state index is 11.4. The first-order chi connectivity index (χ1) is 6.52. The molecular weight excluding hydrogens is 178 g/mol. The summed E-state index contributed by atoms with van der Waals surface area (Å²) in [5.74, 6) is 0.942. The zero-order valence-corrected chi connectivity index (χ0v) is 9.11. The summed E-state index contributed by atoms with van der Waals surface area (Å²) < 4.78 is 1.91. The van der Waals surface area contributed by atoms with E-state index in [9.17, 15) is 4.79 Å². The number of carbonyl (C=O) groups excluding carboxylic acids is 1. The molecule has 78 valence electrons. The lowest BCUT2D eigenvalue weighted by Gasteiger charge is -2.15. The molecule has 4 heteroatoms. The minimum atomic E-state index is -0.0371. The van der Waals surface area contributed by atoms with Crippen molar-refractivity contribution < 1.29 is 4.79 Å². The molecule has 0 fully saturated rings. The van der Waals surface area contributed by atoms with E-state index in [2.05, 4.69) is 10.3 Å². The molecule has 1 aromatic heterocycles. The van der Waals surface area contributed by atoms with Gasteiger partial charge in [0.05, 0.1) is 6.04 Å². The van der Waals surface area contributed by atoms with Crippen molar-refractivity contribution in [1.29, 1.82) is 0 Å². The van der Waals surface area contributed by atoms with Crippen molar-refractivity contribution in [1.82, 2.24) is 14.9 Å². The Balaban J connectivity index is 2.64. The predicted molar refractivity (Wildman–Crippen MR) is 54.6 cm³/mol. The zero-order chi connectivity index (χ0) is 10.7. The highest BCUT2D eigenvalue weighted by molar-refractivity contribution is 5.78. The number of aryl methyl sites for hydroxylation is 1. The summed E-state index contributed by atoms with van der Waals surface area (Å²) in [6, 6.07) is -0.0371. The Morgan fingerprint density at radius 2 is 2.14 bits per heavy atom. The van der Waals surface area contributed by atoms with Crippen molar-refractivity contribution in [2.24, 2.45) is 13.0 Å². The maximum absolute atomic E-state index is 11.4. The van der Waals surface area contributed by atoms with Crippen molar-refractivity contribution in [3.05, 3.63) is 18.2 Å². The summed E-state index contributed by atoms with van der Waals surface area (Å²) >= 11 is 0. The molecule has 1 atom stereocenters. The number of imidazole rings is 1. The van der Waals surface area contributed by atoms with Gasteiger partial charge < -0.3 is 9.88 Å². The van der Waals surface area contributed by atoms with E-state index in [1.165, 1.54) is 0 Å². The molecule has 14 heavy (non-hydrogen) atoms. The van der Waals surface area contributed by atoms with Crippen LogP contribution >= 0.6 is 0 Å². The van der Waals surface area contributed by atoms with E-state index in [0.717, 1.165) is 5.82 Å². The minimum Gasteiger partial charge on any atom is -0.346 e. The van der Waals surface area contributed by atoms with E-state index >= 15 is 0 Å². The first-order valence-electron chi connectivity index (χ1n) is 4.80. The summed E-state index contributed by atoms with van der Waals surface area (Å²) in [6.07, 6.45) is 3.60. The molecule has 0 aliphatic rings. The van der Waals surface area contributed by atoms with E-state index in [-0.39, 0.29) is 17.9 Å². The third-order valence-corrected chi connectivity index (χ3v) is 2.13. The predicted octanol–water partition coefficient (Wildman–Crippen LogP) is 1.25. The van der Waals surface area contributed by atoms with E-state index < -0.39 is 0 Å². The molecule has 0 bridgehead atoms. The van der Waals surface area contributed by atoms with Crippen LogP contribution in [0.3, 0.4) is 0 Å². The average Bonchev–Trinajstić information content (AvgIpc) is 2.51. The van der Waals surface area contributed by atoms with Gasteiger partial charge >= 0.3 is 0 Å². The summed E-state index contributed by atoms with van der Waals surface area (Å²) in [5.41, 5.74) is 0. The monoisotopic (exact) mass is 195 g/mol. The molecular formula is C10H17N3O. The average molecular weight is 195 g/mol. The fraction of sp³-hybridized carbons (Fsp3) is 0.600. The van der Waals surface area contributed by atoms with Crippen LogP contribution in [0.4, 0.5) is 0 Å². The highest BCUT2D eigenvalue weighted by atomic mass is 16.1. The van der Waals surface area contributed by atoms with Crippen molar-refractivity contribution >= 4 is 5.91 Å². The van der Waals surface area contributed by atoms with E-state index in [1.54, 1.807) is 6.20 Å². The Bertz CT molecular complexity index is 317. The van der Waals surface area contributed by atoms with Gasteiger partial charge in [-0.1, -0.05) is 13.8 Å². The Kier molecular flexibility index (Phi) is 3.28. The van der Waals surface area contributed by atoms with E-state index in [1.807, 2.05) is 38.6 Å². The zero-order valence-electron chi connectivity index (χ0n) is 9.11. The van der Waals surface area contributed by atoms with Crippen LogP contribution in [0.25, 0.3) is 0 Å². The van der Waals surface area contributed by atoms with Crippen LogP contribution < -0.4 is 5.32 Å². The molecule has 0 aliphatic heterocycles. The number of aromatic nitrogens is 2. The molecule has 1 aromatic rings. The third-order valence-electron chi connectivity index (χ3n) is 2.13. The first-order valence-corrected chi connectivity index (χ1v) is 4.80. The summed E-state index contributed by atoms with van der Waals surface area (Å²) in [7, 11) is 1.92. The van der Waals surface area contributed by atoms with Gasteiger partial charge in [-0.3, -0.25) is 4.79 Å². The van der Waals surface area contributed by atoms with Gasteiger partial charge in [0.2, 0.25) is 5.91 Å². The lowest BCUT2D eigenvalue weighted by molar-refractivity contribution is -0.124. The van der Waals surface area contributed by atoms with Gasteiger partial charge in [0, 0.05) is 25.4 Å². The van der Waals surface area contributed by atoms with Crippen molar-refractivity contribution in [2.45, 2.75) is 26.8 Å². The second-order valence-electron chi connectivity index (χ2n) is 3.78. The Morgan fingerprint density at radius 3 is 2.57 bits per heavy atom. The number of nitrogens with zero attached hydrogens (tertiary/aromatic N) is 2. The molecule has 0 saturated heterocycles. The first kappa shape index (κ1) is 10.8. The largest absolute Gasteiger partial charge is 0.346 e. The lowest BCUT2D eigenvalue weighted by atomic mass is 10.2. The number of rotatable bonds is 3. The Morgan fingerprint density at radius 1 is 1.50 bits per heavy atom. The molecule has 1 unspecified atom stereocenters. The van der Waals surface area contributed by atoms with E-state index in [0.29, 0.717) is 0 Å². The molecule has 0 spiro atoms. The molecule has 0 saturated carbocycles. The summed E-state index contributed by atoms with van der Waals surface area (Å²) in [5, 5.41) is 2.90. The molecule has 1 N–H and O–H groups in total. The highest BCUT2D eigenvalue weighted by Crippen LogP contribution is 2.09. The van der Waals surface area contributed by atoms with Crippen LogP contribution in [0.15, 0.2) is 12.4 Å². The van der Waals surface area contributed by atoms with Crippen LogP contribution in [0.2, 0.25) is 0 Å². The van der Waals surface area contributed by atoms with Crippen molar-refractivity contribution in [3.63, 3.8) is 0 Å². The third kappa shape index (κ3) is 2.34. The fourth-order valence-electron chi connectivity index (χ4n) is 1.24. The van der Waals surface area contributed by atoms with Gasteiger partial charge in [0.1, 0.15) is 5.82 Å². The lowest BCUT2D eigenvalue weighted by Crippen LogP contribution is -2.31. The molecule has 0 aliphatic carbocycles. The van der Waals surface area contributed by atoms with Gasteiger partial charge in [-0.15, -0.1) is 0 Å². The molecule has 4 nitrogen and oxygen atoms in total. The minimum absolute atomic E-state index is 0.0118. The smallest absolute Gasteiger partial charge is 0.223 e. The van der Waals surface area contributed by atoms with E-state index in [4.69, 9.17) is 0 Å². The molecule has 1 heterocycles. The number of amides is 1. The Labute approximate surface area is 84.3 Å². The molecule has 0 radical (unpaired) electrons. The van der Waals surface area contributed by atoms with Crippen LogP contribution in [0, 0.1) is 5.92 Å². The van der Waals surface area contributed by atoms with Gasteiger partial charge in [0.15, 0.2) is 0 Å². The molecule has 1 rings (SSSR count). The number of hydrogen-bond donors (Lipinski definition) is 1. The highest BCUT2D eigenvalue weighted by Gasteiger charge is 2.14. The van der Waals surface area contributed by atoms with Crippen LogP contribution in [-0.4, -0.2) is 15.5 Å². The topological polar surface area (TPSA) is 46.9 Å². The summed E-state index contributed by atoms with van der Waals surface area (Å²) in [6.45, 7) is 5.68. The summed E-state index contributed by atoms with van der Waals surface area (Å²) in [4.78, 5) is 15.6. The SMILES string of the molecule is CC(C)C(=O)NC(C)c1nccn1C. The number of carbonyl (C=O) groups is 1. The van der Waals surface area contributed by atoms with Crippen LogP contribution in [0.5, 0.6) is 0 Å². The van der Waals surface area contributed by atoms with Gasteiger partial charge in [0.25, 0.3) is 0 Å². The quantitative estimate of drug-likeness (QED) is 0.789. The fourth-order valence-corrected chi connectivity index (χ4v) is 1.24. The maximum Gasteiger partial charge on any atom is 0.223 e. The van der Waals surface area contributed by atoms with Crippen molar-refractivity contribution in [2.75, 3.05) is 0 Å². The van der Waals surface area contributed by atoms with Crippen molar-refractivity contribution in [3.8, 4) is 0 Å². The normalized spacial score (nSPS) is 12.9. The Hall–Kier alpha value is -1.32. The number of nitrogens with one attached hydrogen (secondary N) is 1. The number of hydrogen-bond acceptors (Lipinski definition) is 2. The second-order valence-corrected chi connectivity index (χ2v) is 3.78. The van der Waals surface area contributed by atoms with Gasteiger partial charge in [-0.25, -0.2) is 4.98 Å². The van der Waals surface area contributed by atoms with Crippen LogP contribution in [0.1, 0.15) is 32.6 Å². The molecule has 1 amide bonds. The van der Waals surface area contributed by atoms with Crippen LogP contribution in [-0.2, 0) is 11.8 Å². The standard InChI is InChI=1S/C10H17N3O/c1-7(2)10(14)12-8(3)9-11-5-6-13(9)4/h5-8H,1-4H3,(H,12,14). The molecule has 0 aromatic carbocycles. The van der Waals surface area contributed by atoms with Gasteiger partial charge in [-0.05, 0) is 6.92 Å². The second kappa shape index (κ2) is 4.26. The van der Waals surface area contributed by atoms with Gasteiger partial charge in [-0.2, -0.15) is 0 Å².